The van der Waals surface area contributed by atoms with Crippen LogP contribution in [-0.2, 0) is 4.79 Å². The van der Waals surface area contributed by atoms with Crippen LogP contribution in [0.4, 0.5) is 4.39 Å². The van der Waals surface area contributed by atoms with Crippen LogP contribution < -0.4 is 0 Å². The second-order valence-electron chi connectivity index (χ2n) is 4.77. The van der Waals surface area contributed by atoms with Gasteiger partial charge in [-0.15, -0.1) is 0 Å². The number of hydrogen-bond donors (Lipinski definition) is 1. The molecule has 1 saturated heterocycles. The average molecular weight is 266 g/mol. The number of aromatic nitrogens is 1. The highest BCUT2D eigenvalue weighted by molar-refractivity contribution is 5.95. The summed E-state index contributed by atoms with van der Waals surface area (Å²) in [6.07, 6.45) is 3.17. The van der Waals surface area contributed by atoms with E-state index in [-0.39, 0.29) is 12.1 Å². The summed E-state index contributed by atoms with van der Waals surface area (Å²) in [5, 5.41) is 9.27. The topological polar surface area (TPSA) is 70.5 Å². The predicted molar refractivity (Wildman–Crippen MR) is 65.1 cm³/mol. The molecule has 1 N–H and O–H groups in total. The molecular weight excluding hydrogens is 251 g/mol. The molecule has 0 saturated carbocycles. The molecule has 1 fully saturated rings. The molecule has 102 valence electrons. The fraction of sp³-hybridized carbons (Fsp3) is 0.462. The number of carboxylic acid groups (broad SMARTS) is 1. The van der Waals surface area contributed by atoms with Crippen molar-refractivity contribution in [3.8, 4) is 0 Å². The summed E-state index contributed by atoms with van der Waals surface area (Å²) < 4.78 is 13.5. The van der Waals surface area contributed by atoms with E-state index in [0.717, 1.165) is 6.20 Å². The number of amides is 1. The standard InChI is InChI=1S/C13H15FN2O3/c1-2-13(12(18)19)4-6-16(8-13)11(17)9-3-5-15-7-10(9)14/h3,5,7H,2,4,6,8H2,1H3,(H,18,19). The fourth-order valence-corrected chi connectivity index (χ4v) is 2.38. The van der Waals surface area contributed by atoms with Gasteiger partial charge in [0.2, 0.25) is 0 Å². The number of likely N-dealkylation sites (tertiary alicyclic amines) is 1. The molecule has 1 aromatic heterocycles. The first kappa shape index (κ1) is 13.5. The Kier molecular flexibility index (Phi) is 3.50. The van der Waals surface area contributed by atoms with Crippen molar-refractivity contribution in [3.05, 3.63) is 29.8 Å². The zero-order valence-corrected chi connectivity index (χ0v) is 10.6. The fourth-order valence-electron chi connectivity index (χ4n) is 2.38. The lowest BCUT2D eigenvalue weighted by Crippen LogP contribution is -2.36. The summed E-state index contributed by atoms with van der Waals surface area (Å²) >= 11 is 0. The van der Waals surface area contributed by atoms with E-state index in [2.05, 4.69) is 4.98 Å². The number of rotatable bonds is 3. The Morgan fingerprint density at radius 3 is 2.84 bits per heavy atom. The van der Waals surface area contributed by atoms with E-state index in [9.17, 15) is 19.1 Å². The maximum atomic E-state index is 13.5. The predicted octanol–water partition coefficient (Wildman–Crippen LogP) is 1.55. The second-order valence-corrected chi connectivity index (χ2v) is 4.77. The van der Waals surface area contributed by atoms with E-state index >= 15 is 0 Å². The van der Waals surface area contributed by atoms with Gasteiger partial charge in [0.15, 0.2) is 5.82 Å². The molecule has 1 aliphatic rings. The van der Waals surface area contributed by atoms with Crippen molar-refractivity contribution in [2.45, 2.75) is 19.8 Å². The number of halogens is 1. The van der Waals surface area contributed by atoms with Gasteiger partial charge in [-0.1, -0.05) is 6.92 Å². The Balaban J connectivity index is 2.20. The quantitative estimate of drug-likeness (QED) is 0.901. The van der Waals surface area contributed by atoms with Crippen LogP contribution in [0.25, 0.3) is 0 Å². The molecule has 1 aliphatic heterocycles. The summed E-state index contributed by atoms with van der Waals surface area (Å²) in [5.74, 6) is -2.06. The summed E-state index contributed by atoms with van der Waals surface area (Å²) in [4.78, 5) is 28.4. The second kappa shape index (κ2) is 4.95. The smallest absolute Gasteiger partial charge is 0.311 e. The van der Waals surface area contributed by atoms with E-state index < -0.39 is 23.1 Å². The first-order valence-corrected chi connectivity index (χ1v) is 6.12. The van der Waals surface area contributed by atoms with Gasteiger partial charge in [-0.2, -0.15) is 0 Å². The maximum Gasteiger partial charge on any atom is 0.311 e. The number of pyridine rings is 1. The average Bonchev–Trinajstić information content (AvgIpc) is 2.84. The zero-order valence-electron chi connectivity index (χ0n) is 10.6. The van der Waals surface area contributed by atoms with Gasteiger partial charge in [0, 0.05) is 19.3 Å². The van der Waals surface area contributed by atoms with Crippen LogP contribution in [0.15, 0.2) is 18.5 Å². The van der Waals surface area contributed by atoms with E-state index in [1.54, 1.807) is 6.92 Å². The molecule has 0 aliphatic carbocycles. The molecule has 5 nitrogen and oxygen atoms in total. The number of carboxylic acids is 1. The largest absolute Gasteiger partial charge is 0.481 e. The summed E-state index contributed by atoms with van der Waals surface area (Å²) in [6.45, 7) is 2.25. The number of carbonyl (C=O) groups is 2. The summed E-state index contributed by atoms with van der Waals surface area (Å²) in [7, 11) is 0. The van der Waals surface area contributed by atoms with Crippen LogP contribution in [0, 0.1) is 11.2 Å². The molecule has 2 rings (SSSR count). The first-order valence-electron chi connectivity index (χ1n) is 6.12. The van der Waals surface area contributed by atoms with E-state index in [1.165, 1.54) is 17.2 Å². The lowest BCUT2D eigenvalue weighted by atomic mass is 9.84. The van der Waals surface area contributed by atoms with Crippen LogP contribution in [0.1, 0.15) is 30.1 Å². The molecular formula is C13H15FN2O3. The van der Waals surface area contributed by atoms with E-state index in [4.69, 9.17) is 0 Å². The van der Waals surface area contributed by atoms with Crippen LogP contribution in [-0.4, -0.2) is 40.0 Å². The molecule has 1 aromatic rings. The van der Waals surface area contributed by atoms with Crippen LogP contribution in [0.3, 0.4) is 0 Å². The molecule has 19 heavy (non-hydrogen) atoms. The molecule has 2 heterocycles. The molecule has 1 amide bonds. The van der Waals surface area contributed by atoms with Crippen molar-refractivity contribution in [1.82, 2.24) is 9.88 Å². The Morgan fingerprint density at radius 2 is 2.32 bits per heavy atom. The molecule has 1 atom stereocenters. The van der Waals surface area contributed by atoms with Crippen molar-refractivity contribution in [3.63, 3.8) is 0 Å². The number of aliphatic carboxylic acids is 1. The third-order valence-electron chi connectivity index (χ3n) is 3.77. The van der Waals surface area contributed by atoms with E-state index in [0.29, 0.717) is 19.4 Å². The molecule has 6 heteroatoms. The summed E-state index contributed by atoms with van der Waals surface area (Å²) in [5.41, 5.74) is -0.966. The van der Waals surface area contributed by atoms with Gasteiger partial charge >= 0.3 is 5.97 Å². The zero-order chi connectivity index (χ0) is 14.0. The van der Waals surface area contributed by atoms with Crippen molar-refractivity contribution >= 4 is 11.9 Å². The van der Waals surface area contributed by atoms with Crippen molar-refractivity contribution in [1.29, 1.82) is 0 Å². The molecule has 0 spiro atoms. The van der Waals surface area contributed by atoms with Crippen LogP contribution >= 0.6 is 0 Å². The number of hydrogen-bond acceptors (Lipinski definition) is 3. The minimum absolute atomic E-state index is 0.0627. The molecule has 0 radical (unpaired) electrons. The highest BCUT2D eigenvalue weighted by Crippen LogP contribution is 2.34. The van der Waals surface area contributed by atoms with Gasteiger partial charge in [0.25, 0.3) is 5.91 Å². The minimum atomic E-state index is -0.904. The Morgan fingerprint density at radius 1 is 1.58 bits per heavy atom. The SMILES string of the molecule is CCC1(C(=O)O)CCN(C(=O)c2ccncc2F)C1. The number of carbonyl (C=O) groups excluding carboxylic acids is 1. The maximum absolute atomic E-state index is 13.5. The highest BCUT2D eigenvalue weighted by atomic mass is 19.1. The lowest BCUT2D eigenvalue weighted by Gasteiger charge is -2.23. The number of nitrogens with zero attached hydrogens (tertiary/aromatic N) is 2. The highest BCUT2D eigenvalue weighted by Gasteiger charge is 2.45. The van der Waals surface area contributed by atoms with Crippen molar-refractivity contribution in [2.24, 2.45) is 5.41 Å². The van der Waals surface area contributed by atoms with Gasteiger partial charge in [0.05, 0.1) is 17.2 Å². The van der Waals surface area contributed by atoms with Crippen molar-refractivity contribution < 1.29 is 19.1 Å². The molecule has 0 bridgehead atoms. The monoisotopic (exact) mass is 266 g/mol. The Bertz CT molecular complexity index is 520. The molecule has 1 unspecified atom stereocenters. The lowest BCUT2D eigenvalue weighted by molar-refractivity contribution is -0.148. The summed E-state index contributed by atoms with van der Waals surface area (Å²) in [6, 6.07) is 1.31. The van der Waals surface area contributed by atoms with Gasteiger partial charge < -0.3 is 10.0 Å². The van der Waals surface area contributed by atoms with Gasteiger partial charge in [-0.3, -0.25) is 14.6 Å². The Hall–Kier alpha value is -1.98. The van der Waals surface area contributed by atoms with E-state index in [1.807, 2.05) is 0 Å². The van der Waals surface area contributed by atoms with Crippen LogP contribution in [0.5, 0.6) is 0 Å². The third kappa shape index (κ3) is 2.30. The first-order chi connectivity index (χ1) is 9.00. The molecule has 0 aromatic carbocycles. The van der Waals surface area contributed by atoms with Crippen LogP contribution in [0.2, 0.25) is 0 Å². The normalized spacial score (nSPS) is 22.5. The Labute approximate surface area is 110 Å². The van der Waals surface area contributed by atoms with Gasteiger partial charge in [0.1, 0.15) is 0 Å². The minimum Gasteiger partial charge on any atom is -0.481 e. The van der Waals surface area contributed by atoms with Gasteiger partial charge in [-0.25, -0.2) is 4.39 Å². The third-order valence-corrected chi connectivity index (χ3v) is 3.77. The van der Waals surface area contributed by atoms with Crippen molar-refractivity contribution in [2.75, 3.05) is 13.1 Å². The van der Waals surface area contributed by atoms with Gasteiger partial charge in [-0.05, 0) is 18.9 Å².